The number of amides is 1. The molecule has 0 aliphatic rings. The summed E-state index contributed by atoms with van der Waals surface area (Å²) < 4.78 is 5.52. The third-order valence-corrected chi connectivity index (χ3v) is 3.88. The normalized spacial score (nSPS) is 12.3. The van der Waals surface area contributed by atoms with Crippen molar-refractivity contribution < 1.29 is 14.3 Å². The van der Waals surface area contributed by atoms with Crippen molar-refractivity contribution in [1.29, 1.82) is 0 Å². The van der Waals surface area contributed by atoms with Crippen LogP contribution in [0.5, 0.6) is 0 Å². The van der Waals surface area contributed by atoms with E-state index in [1.54, 1.807) is 6.26 Å². The van der Waals surface area contributed by atoms with Crippen LogP contribution in [0, 0.1) is 6.92 Å². The van der Waals surface area contributed by atoms with Gasteiger partial charge in [-0.1, -0.05) is 42.5 Å². The first-order chi connectivity index (χ1) is 11.2. The summed E-state index contributed by atoms with van der Waals surface area (Å²) in [5.41, 5.74) is 3.64. The molecule has 4 heteroatoms. The van der Waals surface area contributed by atoms with Crippen LogP contribution in [-0.4, -0.2) is 17.6 Å². The number of nitrogens with one attached hydrogen (secondary N) is 1. The first-order valence-electron chi connectivity index (χ1n) is 7.59. The summed E-state index contributed by atoms with van der Waals surface area (Å²) in [5, 5.41) is 13.3. The van der Waals surface area contributed by atoms with Crippen LogP contribution in [0.4, 0.5) is 0 Å². The van der Waals surface area contributed by atoms with E-state index in [1.165, 1.54) is 0 Å². The maximum Gasteiger partial charge on any atom is 0.225 e. The summed E-state index contributed by atoms with van der Waals surface area (Å²) in [6, 6.07) is 15.0. The van der Waals surface area contributed by atoms with E-state index in [0.717, 1.165) is 27.7 Å². The van der Waals surface area contributed by atoms with Crippen LogP contribution >= 0.6 is 0 Å². The number of furan rings is 1. The second-order valence-electron chi connectivity index (χ2n) is 5.65. The van der Waals surface area contributed by atoms with Crippen molar-refractivity contribution in [2.45, 2.75) is 19.4 Å². The number of aliphatic hydroxyl groups is 1. The second-order valence-corrected chi connectivity index (χ2v) is 5.65. The number of hydrogen-bond acceptors (Lipinski definition) is 3. The van der Waals surface area contributed by atoms with Crippen LogP contribution in [0.15, 0.2) is 59.2 Å². The molecule has 0 spiro atoms. The zero-order valence-electron chi connectivity index (χ0n) is 13.0. The molecule has 3 aromatic rings. The number of fused-ring (bicyclic) bond motifs is 1. The SMILES string of the molecule is Cc1ccc2c(CC(=O)NC(CO)c3ccccc3)coc2c1. The molecule has 3 rings (SSSR count). The average Bonchev–Trinajstić information content (AvgIpc) is 2.95. The minimum absolute atomic E-state index is 0.138. The van der Waals surface area contributed by atoms with Gasteiger partial charge < -0.3 is 14.8 Å². The number of rotatable bonds is 5. The largest absolute Gasteiger partial charge is 0.464 e. The lowest BCUT2D eigenvalue weighted by molar-refractivity contribution is -0.121. The number of carbonyl (C=O) groups excluding carboxylic acids is 1. The number of hydrogen-bond donors (Lipinski definition) is 2. The predicted octanol–water partition coefficient (Wildman–Crippen LogP) is 3.13. The molecule has 118 valence electrons. The van der Waals surface area contributed by atoms with Crippen LogP contribution in [-0.2, 0) is 11.2 Å². The van der Waals surface area contributed by atoms with Crippen molar-refractivity contribution in [3.05, 3.63) is 71.5 Å². The maximum absolute atomic E-state index is 12.3. The van der Waals surface area contributed by atoms with Gasteiger partial charge in [-0.3, -0.25) is 4.79 Å². The average molecular weight is 309 g/mol. The van der Waals surface area contributed by atoms with Crippen LogP contribution in [0.25, 0.3) is 11.0 Å². The highest BCUT2D eigenvalue weighted by Gasteiger charge is 2.15. The zero-order chi connectivity index (χ0) is 16.2. The Bertz CT molecular complexity index is 808. The fraction of sp³-hybridized carbons (Fsp3) is 0.211. The van der Waals surface area contributed by atoms with Gasteiger partial charge in [0.25, 0.3) is 0 Å². The minimum Gasteiger partial charge on any atom is -0.464 e. The molecular formula is C19H19NO3. The Morgan fingerprint density at radius 2 is 2.00 bits per heavy atom. The molecule has 1 atom stereocenters. The second kappa shape index (κ2) is 6.67. The molecule has 23 heavy (non-hydrogen) atoms. The molecule has 4 nitrogen and oxygen atoms in total. The van der Waals surface area contributed by atoms with Gasteiger partial charge in [-0.2, -0.15) is 0 Å². The Morgan fingerprint density at radius 1 is 1.22 bits per heavy atom. The highest BCUT2D eigenvalue weighted by Crippen LogP contribution is 2.23. The molecule has 0 saturated carbocycles. The lowest BCUT2D eigenvalue weighted by atomic mass is 10.1. The Balaban J connectivity index is 1.73. The van der Waals surface area contributed by atoms with Gasteiger partial charge in [0.2, 0.25) is 5.91 Å². The maximum atomic E-state index is 12.3. The van der Waals surface area contributed by atoms with Gasteiger partial charge in [-0.25, -0.2) is 0 Å². The first-order valence-corrected chi connectivity index (χ1v) is 7.59. The minimum atomic E-state index is -0.399. The molecular weight excluding hydrogens is 290 g/mol. The molecule has 0 bridgehead atoms. The quantitative estimate of drug-likeness (QED) is 0.761. The summed E-state index contributed by atoms with van der Waals surface area (Å²) in [6.45, 7) is 1.86. The number of aryl methyl sites for hydroxylation is 1. The van der Waals surface area contributed by atoms with Crippen LogP contribution in [0.3, 0.4) is 0 Å². The molecule has 0 aliphatic carbocycles. The molecule has 1 heterocycles. The summed E-state index contributed by atoms with van der Waals surface area (Å²) in [5.74, 6) is -0.142. The van der Waals surface area contributed by atoms with E-state index in [4.69, 9.17) is 4.42 Å². The van der Waals surface area contributed by atoms with Gasteiger partial charge in [-0.15, -0.1) is 0 Å². The van der Waals surface area contributed by atoms with E-state index in [0.29, 0.717) is 0 Å². The summed E-state index contributed by atoms with van der Waals surface area (Å²) in [6.07, 6.45) is 1.85. The van der Waals surface area contributed by atoms with Crippen LogP contribution < -0.4 is 5.32 Å². The van der Waals surface area contributed by atoms with E-state index < -0.39 is 6.04 Å². The smallest absolute Gasteiger partial charge is 0.225 e. The van der Waals surface area contributed by atoms with Crippen molar-refractivity contribution in [3.8, 4) is 0 Å². The van der Waals surface area contributed by atoms with Crippen molar-refractivity contribution in [1.82, 2.24) is 5.32 Å². The third-order valence-electron chi connectivity index (χ3n) is 3.88. The third kappa shape index (κ3) is 3.43. The van der Waals surface area contributed by atoms with Crippen molar-refractivity contribution >= 4 is 16.9 Å². The van der Waals surface area contributed by atoms with Gasteiger partial charge in [-0.05, 0) is 24.1 Å². The fourth-order valence-electron chi connectivity index (χ4n) is 2.67. The number of aliphatic hydroxyl groups excluding tert-OH is 1. The number of benzene rings is 2. The first kappa shape index (κ1) is 15.3. The highest BCUT2D eigenvalue weighted by atomic mass is 16.3. The molecule has 2 aromatic carbocycles. The topological polar surface area (TPSA) is 62.5 Å². The van der Waals surface area contributed by atoms with Crippen molar-refractivity contribution in [2.24, 2.45) is 0 Å². The molecule has 0 radical (unpaired) electrons. The van der Waals surface area contributed by atoms with Gasteiger partial charge in [0.15, 0.2) is 0 Å². The number of carbonyl (C=O) groups is 1. The fourth-order valence-corrected chi connectivity index (χ4v) is 2.67. The summed E-state index contributed by atoms with van der Waals surface area (Å²) >= 11 is 0. The van der Waals surface area contributed by atoms with Gasteiger partial charge in [0, 0.05) is 10.9 Å². The van der Waals surface area contributed by atoms with E-state index in [9.17, 15) is 9.90 Å². The summed E-state index contributed by atoms with van der Waals surface area (Å²) in [4.78, 5) is 12.3. The molecule has 2 N–H and O–H groups in total. The van der Waals surface area contributed by atoms with Crippen LogP contribution in [0.1, 0.15) is 22.7 Å². The van der Waals surface area contributed by atoms with E-state index >= 15 is 0 Å². The Morgan fingerprint density at radius 3 is 2.74 bits per heavy atom. The molecule has 1 amide bonds. The molecule has 0 aliphatic heterocycles. The Kier molecular flexibility index (Phi) is 4.44. The predicted molar refractivity (Wildman–Crippen MR) is 89.1 cm³/mol. The molecule has 1 aromatic heterocycles. The van der Waals surface area contributed by atoms with Gasteiger partial charge in [0.1, 0.15) is 5.58 Å². The summed E-state index contributed by atoms with van der Waals surface area (Å²) in [7, 11) is 0. The zero-order valence-corrected chi connectivity index (χ0v) is 13.0. The lowest BCUT2D eigenvalue weighted by Gasteiger charge is -2.16. The van der Waals surface area contributed by atoms with Crippen molar-refractivity contribution in [3.63, 3.8) is 0 Å². The lowest BCUT2D eigenvalue weighted by Crippen LogP contribution is -2.31. The van der Waals surface area contributed by atoms with Crippen molar-refractivity contribution in [2.75, 3.05) is 6.61 Å². The van der Waals surface area contributed by atoms with E-state index in [2.05, 4.69) is 5.32 Å². The molecule has 1 unspecified atom stereocenters. The molecule has 0 saturated heterocycles. The highest BCUT2D eigenvalue weighted by molar-refractivity contribution is 5.88. The molecule has 0 fully saturated rings. The standard InChI is InChI=1S/C19H19NO3/c1-13-7-8-16-15(12-23-18(16)9-13)10-19(22)20-17(11-21)14-5-3-2-4-6-14/h2-9,12,17,21H,10-11H2,1H3,(H,20,22). The van der Waals surface area contributed by atoms with E-state index in [1.807, 2.05) is 55.5 Å². The van der Waals surface area contributed by atoms with Gasteiger partial charge >= 0.3 is 0 Å². The monoisotopic (exact) mass is 309 g/mol. The van der Waals surface area contributed by atoms with Gasteiger partial charge in [0.05, 0.1) is 25.3 Å². The van der Waals surface area contributed by atoms with Crippen LogP contribution in [0.2, 0.25) is 0 Å². The Labute approximate surface area is 134 Å². The Hall–Kier alpha value is -2.59. The van der Waals surface area contributed by atoms with E-state index in [-0.39, 0.29) is 18.9 Å².